The number of amides is 2. The van der Waals surface area contributed by atoms with Gasteiger partial charge < -0.3 is 19.4 Å². The molecule has 2 amide bonds. The zero-order valence-corrected chi connectivity index (χ0v) is 24.4. The number of likely N-dealkylation sites (tertiary alicyclic amines) is 1. The second-order valence-electron chi connectivity index (χ2n) is 12.0. The van der Waals surface area contributed by atoms with Gasteiger partial charge in [0.05, 0.1) is 23.1 Å². The van der Waals surface area contributed by atoms with Crippen molar-refractivity contribution in [1.82, 2.24) is 19.6 Å². The minimum absolute atomic E-state index is 0.0355. The summed E-state index contributed by atoms with van der Waals surface area (Å²) in [5.41, 5.74) is 5.58. The van der Waals surface area contributed by atoms with Gasteiger partial charge in [-0.1, -0.05) is 35.9 Å². The highest BCUT2D eigenvalue weighted by Gasteiger charge is 2.34. The predicted octanol–water partition coefficient (Wildman–Crippen LogP) is 5.57. The zero-order valence-electron chi connectivity index (χ0n) is 24.4. The van der Waals surface area contributed by atoms with Crippen LogP contribution in [0.1, 0.15) is 66.7 Å². The van der Waals surface area contributed by atoms with Crippen LogP contribution in [0.5, 0.6) is 0 Å². The molecule has 0 aliphatic carbocycles. The van der Waals surface area contributed by atoms with Gasteiger partial charge >= 0.3 is 6.09 Å². The van der Waals surface area contributed by atoms with E-state index in [0.717, 1.165) is 42.9 Å². The maximum Gasteiger partial charge on any atom is 0.410 e. The molecule has 0 atom stereocenters. The molecule has 2 aliphatic rings. The summed E-state index contributed by atoms with van der Waals surface area (Å²) in [5.74, 6) is 0.139. The third-order valence-electron chi connectivity index (χ3n) is 7.84. The van der Waals surface area contributed by atoms with Crippen molar-refractivity contribution in [3.8, 4) is 5.69 Å². The molecule has 8 heteroatoms. The molecular weight excluding hydrogens is 502 g/mol. The molecule has 0 unspecified atom stereocenters. The number of ether oxygens (including phenoxy) is 1. The van der Waals surface area contributed by atoms with E-state index in [2.05, 4.69) is 61.2 Å². The first-order valence-corrected chi connectivity index (χ1v) is 14.3. The number of aromatic nitrogens is 2. The van der Waals surface area contributed by atoms with Crippen molar-refractivity contribution >= 4 is 17.7 Å². The second kappa shape index (κ2) is 11.4. The molecule has 40 heavy (non-hydrogen) atoms. The fourth-order valence-electron chi connectivity index (χ4n) is 5.79. The van der Waals surface area contributed by atoms with E-state index in [0.29, 0.717) is 31.7 Å². The first-order valence-electron chi connectivity index (χ1n) is 14.3. The topological polar surface area (TPSA) is 70.9 Å². The summed E-state index contributed by atoms with van der Waals surface area (Å²) >= 11 is 0. The maximum atomic E-state index is 14.0. The van der Waals surface area contributed by atoms with Crippen molar-refractivity contribution < 1.29 is 14.3 Å². The van der Waals surface area contributed by atoms with Gasteiger partial charge in [0.2, 0.25) is 0 Å². The summed E-state index contributed by atoms with van der Waals surface area (Å²) < 4.78 is 7.58. The zero-order chi connectivity index (χ0) is 28.4. The van der Waals surface area contributed by atoms with E-state index >= 15 is 0 Å². The van der Waals surface area contributed by atoms with Crippen molar-refractivity contribution in [3.63, 3.8) is 0 Å². The van der Waals surface area contributed by atoms with Crippen molar-refractivity contribution in [3.05, 3.63) is 77.1 Å². The Hall–Kier alpha value is -3.81. The Morgan fingerprint density at radius 2 is 1.55 bits per heavy atom. The summed E-state index contributed by atoms with van der Waals surface area (Å²) in [6.07, 6.45) is 2.97. The van der Waals surface area contributed by atoms with Gasteiger partial charge in [0.1, 0.15) is 5.60 Å². The van der Waals surface area contributed by atoms with Gasteiger partial charge in [-0.2, -0.15) is 5.10 Å². The normalized spacial score (nSPS) is 16.8. The molecule has 2 aromatic carbocycles. The Balaban J connectivity index is 1.39. The lowest BCUT2D eigenvalue weighted by Crippen LogP contribution is -2.49. The molecule has 5 rings (SSSR count). The number of benzene rings is 2. The molecule has 3 heterocycles. The number of carbonyl (C=O) groups excluding carboxylic acids is 2. The van der Waals surface area contributed by atoms with Gasteiger partial charge in [-0.3, -0.25) is 4.79 Å². The van der Waals surface area contributed by atoms with Crippen molar-refractivity contribution in [2.45, 2.75) is 59.0 Å². The van der Waals surface area contributed by atoms with Crippen LogP contribution in [0.15, 0.2) is 54.7 Å². The van der Waals surface area contributed by atoms with Crippen LogP contribution in [-0.4, -0.2) is 76.5 Å². The SMILES string of the molecule is Cc1ccc(-n2ncc(C(=O)N3CCN(c4ccccc4)CC3)c2C2CCN(C(=O)OC(C)(C)C)CC2)c(C)c1. The average Bonchev–Trinajstić information content (AvgIpc) is 3.37. The summed E-state index contributed by atoms with van der Waals surface area (Å²) in [5, 5.41) is 4.79. The standard InChI is InChI=1S/C32H41N5O3/c1-23-11-12-28(24(2)21-23)37-29(25-13-15-36(16-14-25)31(39)40-32(3,4)5)27(22-33-37)30(38)35-19-17-34(18-20-35)26-9-7-6-8-10-26/h6-12,21-22,25H,13-20H2,1-5H3. The summed E-state index contributed by atoms with van der Waals surface area (Å²) in [6, 6.07) is 16.7. The number of aryl methyl sites for hydroxylation is 2. The molecule has 8 nitrogen and oxygen atoms in total. The molecule has 2 aliphatic heterocycles. The number of piperidine rings is 1. The third kappa shape index (κ3) is 6.01. The van der Waals surface area contributed by atoms with E-state index in [1.165, 1.54) is 11.3 Å². The van der Waals surface area contributed by atoms with Gasteiger partial charge in [-0.25, -0.2) is 9.48 Å². The lowest BCUT2D eigenvalue weighted by Gasteiger charge is -2.37. The lowest BCUT2D eigenvalue weighted by atomic mass is 9.90. The van der Waals surface area contributed by atoms with Crippen LogP contribution >= 0.6 is 0 Å². The van der Waals surface area contributed by atoms with Crippen LogP contribution in [-0.2, 0) is 4.74 Å². The number of anilines is 1. The van der Waals surface area contributed by atoms with Crippen molar-refractivity contribution in [2.24, 2.45) is 0 Å². The van der Waals surface area contributed by atoms with E-state index < -0.39 is 5.60 Å². The highest BCUT2D eigenvalue weighted by atomic mass is 16.6. The Labute approximate surface area is 237 Å². The molecule has 2 fully saturated rings. The first-order chi connectivity index (χ1) is 19.1. The Morgan fingerprint density at radius 3 is 2.17 bits per heavy atom. The number of hydrogen-bond donors (Lipinski definition) is 0. The molecule has 0 bridgehead atoms. The molecule has 1 aromatic heterocycles. The van der Waals surface area contributed by atoms with Gasteiger partial charge in [-0.15, -0.1) is 0 Å². The van der Waals surface area contributed by atoms with E-state index in [-0.39, 0.29) is 17.9 Å². The van der Waals surface area contributed by atoms with Crippen LogP contribution < -0.4 is 4.90 Å². The number of nitrogens with zero attached hydrogens (tertiary/aromatic N) is 5. The van der Waals surface area contributed by atoms with Gasteiger partial charge in [-0.05, 0) is 71.2 Å². The summed E-state index contributed by atoms with van der Waals surface area (Å²) in [4.78, 5) is 32.8. The van der Waals surface area contributed by atoms with Gasteiger partial charge in [0.15, 0.2) is 0 Å². The van der Waals surface area contributed by atoms with Crippen LogP contribution in [0.2, 0.25) is 0 Å². The molecule has 0 radical (unpaired) electrons. The first kappa shape index (κ1) is 27.7. The smallest absolute Gasteiger partial charge is 0.410 e. The highest BCUT2D eigenvalue weighted by Crippen LogP contribution is 2.34. The van der Waals surface area contributed by atoms with E-state index in [4.69, 9.17) is 9.84 Å². The quantitative estimate of drug-likeness (QED) is 0.431. The van der Waals surface area contributed by atoms with E-state index in [1.54, 1.807) is 11.1 Å². The fourth-order valence-corrected chi connectivity index (χ4v) is 5.79. The van der Waals surface area contributed by atoms with Gasteiger partial charge in [0, 0.05) is 50.9 Å². The van der Waals surface area contributed by atoms with Crippen LogP contribution in [0.4, 0.5) is 10.5 Å². The third-order valence-corrected chi connectivity index (χ3v) is 7.84. The largest absolute Gasteiger partial charge is 0.444 e. The van der Waals surface area contributed by atoms with Crippen molar-refractivity contribution in [2.75, 3.05) is 44.2 Å². The van der Waals surface area contributed by atoms with Crippen LogP contribution in [0, 0.1) is 13.8 Å². The number of carbonyl (C=O) groups is 2. The fraction of sp³-hybridized carbons (Fsp3) is 0.469. The molecule has 0 saturated carbocycles. The lowest BCUT2D eigenvalue weighted by molar-refractivity contribution is 0.0203. The molecular formula is C32H41N5O3. The molecule has 0 spiro atoms. The number of para-hydroxylation sites is 1. The number of rotatable bonds is 4. The van der Waals surface area contributed by atoms with Crippen LogP contribution in [0.3, 0.4) is 0 Å². The van der Waals surface area contributed by atoms with Gasteiger partial charge in [0.25, 0.3) is 5.91 Å². The molecule has 0 N–H and O–H groups in total. The molecule has 3 aromatic rings. The minimum Gasteiger partial charge on any atom is -0.444 e. The van der Waals surface area contributed by atoms with E-state index in [1.807, 2.05) is 36.4 Å². The van der Waals surface area contributed by atoms with Crippen molar-refractivity contribution in [1.29, 1.82) is 0 Å². The predicted molar refractivity (Wildman–Crippen MR) is 157 cm³/mol. The minimum atomic E-state index is -0.528. The Kier molecular flexibility index (Phi) is 7.88. The maximum absolute atomic E-state index is 14.0. The Bertz CT molecular complexity index is 1340. The second-order valence-corrected chi connectivity index (χ2v) is 12.0. The number of hydrogen-bond acceptors (Lipinski definition) is 5. The van der Waals surface area contributed by atoms with Crippen LogP contribution in [0.25, 0.3) is 5.69 Å². The summed E-state index contributed by atoms with van der Waals surface area (Å²) in [6.45, 7) is 13.9. The average molecular weight is 544 g/mol. The highest BCUT2D eigenvalue weighted by molar-refractivity contribution is 5.95. The summed E-state index contributed by atoms with van der Waals surface area (Å²) in [7, 11) is 0. The Morgan fingerprint density at radius 1 is 0.875 bits per heavy atom. The molecule has 2 saturated heterocycles. The molecule has 212 valence electrons. The number of piperazine rings is 1. The monoisotopic (exact) mass is 543 g/mol. The van der Waals surface area contributed by atoms with E-state index in [9.17, 15) is 9.59 Å².